The highest BCUT2D eigenvalue weighted by molar-refractivity contribution is 5.85. The summed E-state index contributed by atoms with van der Waals surface area (Å²) < 4.78 is 5.91. The van der Waals surface area contributed by atoms with Crippen molar-refractivity contribution in [3.63, 3.8) is 0 Å². The van der Waals surface area contributed by atoms with Gasteiger partial charge >= 0.3 is 0 Å². The molecule has 0 unspecified atom stereocenters. The number of ether oxygens (including phenoxy) is 1. The lowest BCUT2D eigenvalue weighted by atomic mass is 10.1. The Morgan fingerprint density at radius 2 is 1.71 bits per heavy atom. The van der Waals surface area contributed by atoms with Crippen LogP contribution in [0.15, 0.2) is 36.4 Å². The zero-order valence-electron chi connectivity index (χ0n) is 17.1. The summed E-state index contributed by atoms with van der Waals surface area (Å²) in [7, 11) is 0. The first kappa shape index (κ1) is 22.6. The number of likely N-dealkylation sites (tertiary alicyclic amines) is 1. The lowest BCUT2D eigenvalue weighted by Gasteiger charge is -2.26. The van der Waals surface area contributed by atoms with Crippen LogP contribution in [-0.4, -0.2) is 41.1 Å². The molecule has 1 aromatic heterocycles. The van der Waals surface area contributed by atoms with E-state index in [1.165, 1.54) is 57.3 Å². The van der Waals surface area contributed by atoms with Crippen molar-refractivity contribution in [3.05, 3.63) is 53.5 Å². The average molecular weight is 404 g/mol. The molecule has 28 heavy (non-hydrogen) atoms. The Bertz CT molecular complexity index is 675. The Kier molecular flexibility index (Phi) is 10.3. The molecular formula is C23H34ClN3O. The lowest BCUT2D eigenvalue weighted by molar-refractivity contribution is 0.220. The van der Waals surface area contributed by atoms with Gasteiger partial charge in [0.1, 0.15) is 5.82 Å². The smallest absolute Gasteiger partial charge is 0.216 e. The van der Waals surface area contributed by atoms with Gasteiger partial charge in [0.15, 0.2) is 0 Å². The fraction of sp³-hybridized carbons (Fsp3) is 0.565. The summed E-state index contributed by atoms with van der Waals surface area (Å²) in [5, 5.41) is 0. The number of nitrogens with zero attached hydrogens (tertiary/aromatic N) is 3. The van der Waals surface area contributed by atoms with Gasteiger partial charge in [-0.2, -0.15) is 4.98 Å². The van der Waals surface area contributed by atoms with Crippen LogP contribution in [0.3, 0.4) is 0 Å². The quantitative estimate of drug-likeness (QED) is 0.521. The van der Waals surface area contributed by atoms with Gasteiger partial charge in [0, 0.05) is 11.8 Å². The van der Waals surface area contributed by atoms with E-state index in [0.29, 0.717) is 0 Å². The Labute approximate surface area is 176 Å². The zero-order chi connectivity index (χ0) is 18.7. The number of piperidine rings is 1. The molecule has 0 amide bonds. The van der Waals surface area contributed by atoms with Crippen LogP contribution in [0.25, 0.3) is 0 Å². The maximum absolute atomic E-state index is 5.91. The maximum atomic E-state index is 5.91. The van der Waals surface area contributed by atoms with Crippen LogP contribution >= 0.6 is 12.4 Å². The largest absolute Gasteiger partial charge is 0.478 e. The Morgan fingerprint density at radius 1 is 0.929 bits per heavy atom. The number of hydrogen-bond acceptors (Lipinski definition) is 4. The fourth-order valence-corrected chi connectivity index (χ4v) is 3.69. The number of unbranched alkanes of at least 4 members (excludes halogenated alkanes) is 2. The topological polar surface area (TPSA) is 38.2 Å². The van der Waals surface area contributed by atoms with Crippen LogP contribution in [-0.2, 0) is 12.8 Å². The van der Waals surface area contributed by atoms with Crippen molar-refractivity contribution >= 4 is 12.4 Å². The monoisotopic (exact) mass is 403 g/mol. The van der Waals surface area contributed by atoms with Crippen LogP contribution in [0.1, 0.15) is 55.6 Å². The van der Waals surface area contributed by atoms with Gasteiger partial charge in [-0.3, -0.25) is 0 Å². The number of halogens is 1. The molecule has 0 spiro atoms. The van der Waals surface area contributed by atoms with E-state index >= 15 is 0 Å². The summed E-state index contributed by atoms with van der Waals surface area (Å²) >= 11 is 0. The predicted molar refractivity (Wildman–Crippen MR) is 118 cm³/mol. The second-order valence-corrected chi connectivity index (χ2v) is 7.54. The molecular weight excluding hydrogens is 370 g/mol. The highest BCUT2D eigenvalue weighted by atomic mass is 35.5. The first-order valence-electron chi connectivity index (χ1n) is 10.5. The molecule has 3 rings (SSSR count). The van der Waals surface area contributed by atoms with Crippen molar-refractivity contribution in [2.75, 3.05) is 26.2 Å². The summed E-state index contributed by atoms with van der Waals surface area (Å²) in [4.78, 5) is 11.6. The first-order valence-corrected chi connectivity index (χ1v) is 10.5. The maximum Gasteiger partial charge on any atom is 0.216 e. The number of hydrogen-bond donors (Lipinski definition) is 0. The minimum absolute atomic E-state index is 0. The van der Waals surface area contributed by atoms with Gasteiger partial charge < -0.3 is 9.64 Å². The fourth-order valence-electron chi connectivity index (χ4n) is 3.69. The van der Waals surface area contributed by atoms with E-state index < -0.39 is 0 Å². The van der Waals surface area contributed by atoms with E-state index in [-0.39, 0.29) is 12.4 Å². The molecule has 154 valence electrons. The molecule has 0 radical (unpaired) electrons. The molecule has 4 nitrogen and oxygen atoms in total. The average Bonchev–Trinajstić information content (AvgIpc) is 2.70. The van der Waals surface area contributed by atoms with E-state index in [4.69, 9.17) is 4.74 Å². The molecule has 1 aliphatic rings. The number of aryl methyl sites for hydroxylation is 3. The van der Waals surface area contributed by atoms with Crippen LogP contribution < -0.4 is 4.74 Å². The number of benzene rings is 1. The van der Waals surface area contributed by atoms with Gasteiger partial charge in [0.25, 0.3) is 0 Å². The highest BCUT2D eigenvalue weighted by Crippen LogP contribution is 2.14. The van der Waals surface area contributed by atoms with Crippen molar-refractivity contribution in [1.29, 1.82) is 0 Å². The SMILES string of the molecule is Cc1nc(CCc2ccccc2)cc(OCCCCCN2CCCCC2)n1.Cl. The molecule has 1 saturated heterocycles. The molecule has 5 heteroatoms. The third-order valence-corrected chi connectivity index (χ3v) is 5.20. The van der Waals surface area contributed by atoms with E-state index in [9.17, 15) is 0 Å². The summed E-state index contributed by atoms with van der Waals surface area (Å²) in [6.45, 7) is 6.52. The van der Waals surface area contributed by atoms with E-state index in [2.05, 4.69) is 45.2 Å². The number of aromatic nitrogens is 2. The molecule has 0 bridgehead atoms. The standard InChI is InChI=1S/C23H33N3O.ClH/c1-20-24-22(14-13-21-11-5-2-6-12-21)19-23(25-20)27-18-10-4-9-17-26-15-7-3-8-16-26;/h2,5-6,11-12,19H,3-4,7-10,13-18H2,1H3;1H. The zero-order valence-corrected chi connectivity index (χ0v) is 17.9. The third kappa shape index (κ3) is 8.15. The molecule has 1 aromatic carbocycles. The van der Waals surface area contributed by atoms with Crippen molar-refractivity contribution < 1.29 is 4.74 Å². The predicted octanol–water partition coefficient (Wildman–Crippen LogP) is 5.03. The van der Waals surface area contributed by atoms with Gasteiger partial charge in [-0.15, -0.1) is 12.4 Å². The number of rotatable bonds is 10. The highest BCUT2D eigenvalue weighted by Gasteiger charge is 2.09. The normalized spacial score (nSPS) is 14.5. The lowest BCUT2D eigenvalue weighted by Crippen LogP contribution is -2.30. The minimum atomic E-state index is 0. The second kappa shape index (κ2) is 12.7. The molecule has 0 atom stereocenters. The summed E-state index contributed by atoms with van der Waals surface area (Å²) in [6.07, 6.45) is 9.67. The molecule has 1 aliphatic heterocycles. The van der Waals surface area contributed by atoms with Crippen molar-refractivity contribution in [3.8, 4) is 5.88 Å². The van der Waals surface area contributed by atoms with Crippen LogP contribution in [0.2, 0.25) is 0 Å². The summed E-state index contributed by atoms with van der Waals surface area (Å²) in [6, 6.07) is 12.5. The molecule has 1 fully saturated rings. The Hall–Kier alpha value is -1.65. The van der Waals surface area contributed by atoms with Crippen molar-refractivity contribution in [2.24, 2.45) is 0 Å². The molecule has 2 heterocycles. The van der Waals surface area contributed by atoms with Gasteiger partial charge in [-0.05, 0) is 77.1 Å². The van der Waals surface area contributed by atoms with Crippen molar-refractivity contribution in [1.82, 2.24) is 14.9 Å². The molecule has 0 aliphatic carbocycles. The second-order valence-electron chi connectivity index (χ2n) is 7.54. The molecule has 2 aromatic rings. The van der Waals surface area contributed by atoms with Gasteiger partial charge in [0.2, 0.25) is 5.88 Å². The Morgan fingerprint density at radius 3 is 2.50 bits per heavy atom. The molecule has 0 N–H and O–H groups in total. The molecule has 0 saturated carbocycles. The van der Waals surface area contributed by atoms with E-state index in [1.54, 1.807) is 0 Å². The van der Waals surface area contributed by atoms with E-state index in [1.807, 2.05) is 13.0 Å². The third-order valence-electron chi connectivity index (χ3n) is 5.20. The Balaban J connectivity index is 0.00000280. The van der Waals surface area contributed by atoms with Crippen LogP contribution in [0, 0.1) is 6.92 Å². The van der Waals surface area contributed by atoms with Gasteiger partial charge in [0.05, 0.1) is 6.61 Å². The summed E-state index contributed by atoms with van der Waals surface area (Å²) in [5.74, 6) is 1.52. The van der Waals surface area contributed by atoms with Gasteiger partial charge in [-0.25, -0.2) is 4.98 Å². The first-order chi connectivity index (χ1) is 13.3. The minimum Gasteiger partial charge on any atom is -0.478 e. The van der Waals surface area contributed by atoms with Crippen LogP contribution in [0.5, 0.6) is 5.88 Å². The summed E-state index contributed by atoms with van der Waals surface area (Å²) in [5.41, 5.74) is 2.40. The van der Waals surface area contributed by atoms with E-state index in [0.717, 1.165) is 43.3 Å². The van der Waals surface area contributed by atoms with Gasteiger partial charge in [-0.1, -0.05) is 36.8 Å². The van der Waals surface area contributed by atoms with Crippen LogP contribution in [0.4, 0.5) is 0 Å². The van der Waals surface area contributed by atoms with Crippen molar-refractivity contribution in [2.45, 2.75) is 58.3 Å².